The Morgan fingerprint density at radius 2 is 1.79 bits per heavy atom. The summed E-state index contributed by atoms with van der Waals surface area (Å²) in [5.41, 5.74) is 7.39. The Morgan fingerprint density at radius 3 is 2.59 bits per heavy atom. The number of H-pyrrole nitrogens is 1. The number of benzene rings is 2. The molecule has 2 heterocycles. The fourth-order valence-corrected chi connectivity index (χ4v) is 5.37. The second-order valence-corrected chi connectivity index (χ2v) is 8.82. The lowest BCUT2D eigenvalue weighted by molar-refractivity contribution is 0.269. The van der Waals surface area contributed by atoms with Crippen molar-refractivity contribution < 1.29 is 0 Å². The van der Waals surface area contributed by atoms with Gasteiger partial charge in [-0.05, 0) is 82.3 Å². The van der Waals surface area contributed by atoms with Crippen LogP contribution in [-0.2, 0) is 12.0 Å². The second-order valence-electron chi connectivity index (χ2n) is 8.82. The zero-order valence-electron chi connectivity index (χ0n) is 18.1. The zero-order valence-corrected chi connectivity index (χ0v) is 18.1. The van der Waals surface area contributed by atoms with Crippen molar-refractivity contribution in [2.24, 2.45) is 0 Å². The summed E-state index contributed by atoms with van der Waals surface area (Å²) in [6, 6.07) is 18.0. The quantitative estimate of drug-likeness (QED) is 0.521. The van der Waals surface area contributed by atoms with Crippen molar-refractivity contribution in [1.29, 1.82) is 0 Å². The average molecular weight is 390 g/mol. The SMILES string of the molecule is CNC.Cc1ccc2[nH]c3c(c2c1)CCNC31CCCC(c2ccccc2)CC1. The normalized spacial score (nSPS) is 23.9. The summed E-state index contributed by atoms with van der Waals surface area (Å²) >= 11 is 0. The van der Waals surface area contributed by atoms with E-state index in [1.807, 2.05) is 14.1 Å². The van der Waals surface area contributed by atoms with Gasteiger partial charge < -0.3 is 15.6 Å². The van der Waals surface area contributed by atoms with E-state index in [0.29, 0.717) is 5.92 Å². The van der Waals surface area contributed by atoms with Gasteiger partial charge in [0, 0.05) is 23.1 Å². The Morgan fingerprint density at radius 1 is 1.00 bits per heavy atom. The third kappa shape index (κ3) is 3.99. The van der Waals surface area contributed by atoms with Crippen LogP contribution in [0.15, 0.2) is 48.5 Å². The van der Waals surface area contributed by atoms with Crippen LogP contribution in [0.1, 0.15) is 60.4 Å². The smallest absolute Gasteiger partial charge is 0.0590 e. The molecule has 1 spiro atoms. The molecule has 2 aromatic carbocycles. The zero-order chi connectivity index (χ0) is 20.3. The highest BCUT2D eigenvalue weighted by Gasteiger charge is 2.40. The Bertz CT molecular complexity index is 943. The van der Waals surface area contributed by atoms with Gasteiger partial charge in [-0.2, -0.15) is 0 Å². The molecule has 1 aromatic heterocycles. The number of nitrogens with one attached hydrogen (secondary N) is 3. The molecular formula is C26H35N3. The van der Waals surface area contributed by atoms with Crippen molar-refractivity contribution in [3.63, 3.8) is 0 Å². The minimum absolute atomic E-state index is 0.143. The molecule has 5 rings (SSSR count). The van der Waals surface area contributed by atoms with Crippen molar-refractivity contribution in [2.45, 2.75) is 56.9 Å². The number of hydrogen-bond acceptors (Lipinski definition) is 2. The number of rotatable bonds is 1. The first-order valence-electron chi connectivity index (χ1n) is 11.2. The lowest BCUT2D eigenvalue weighted by Gasteiger charge is -2.38. The van der Waals surface area contributed by atoms with Gasteiger partial charge in [0.2, 0.25) is 0 Å². The van der Waals surface area contributed by atoms with Crippen molar-refractivity contribution >= 4 is 10.9 Å². The third-order valence-electron chi connectivity index (χ3n) is 6.73. The number of fused-ring (bicyclic) bond motifs is 4. The van der Waals surface area contributed by atoms with Crippen LogP contribution >= 0.6 is 0 Å². The molecule has 3 heteroatoms. The molecule has 3 nitrogen and oxygen atoms in total. The van der Waals surface area contributed by atoms with Gasteiger partial charge >= 0.3 is 0 Å². The molecule has 1 aliphatic heterocycles. The first kappa shape index (κ1) is 20.2. The van der Waals surface area contributed by atoms with Crippen LogP contribution in [-0.4, -0.2) is 25.6 Å². The van der Waals surface area contributed by atoms with E-state index in [2.05, 4.69) is 71.1 Å². The maximum atomic E-state index is 3.95. The van der Waals surface area contributed by atoms with Gasteiger partial charge in [-0.3, -0.25) is 0 Å². The van der Waals surface area contributed by atoms with Crippen LogP contribution in [0.25, 0.3) is 10.9 Å². The Balaban J connectivity index is 0.000000645. The van der Waals surface area contributed by atoms with Gasteiger partial charge in [0.1, 0.15) is 0 Å². The standard InChI is InChI=1S/C24H28N2.C2H7N/c1-17-9-10-22-21(16-17)20-12-15-25-24(23(20)26-22)13-5-8-19(11-14-24)18-6-3-2-4-7-18;1-3-2/h2-4,6-7,9-10,16,19,25-26H,5,8,11-15H2,1H3;3H,1-2H3. The summed E-state index contributed by atoms with van der Waals surface area (Å²) in [5, 5.41) is 8.15. The predicted molar refractivity (Wildman–Crippen MR) is 124 cm³/mol. The summed E-state index contributed by atoms with van der Waals surface area (Å²) in [5.74, 6) is 0.703. The van der Waals surface area contributed by atoms with Crippen molar-refractivity contribution in [3.05, 3.63) is 70.9 Å². The molecule has 2 aliphatic rings. The minimum atomic E-state index is 0.143. The lowest BCUT2D eigenvalue weighted by Crippen LogP contribution is -2.47. The molecule has 154 valence electrons. The maximum Gasteiger partial charge on any atom is 0.0590 e. The molecule has 1 fully saturated rings. The van der Waals surface area contributed by atoms with Crippen LogP contribution in [0, 0.1) is 6.92 Å². The second kappa shape index (κ2) is 8.73. The molecule has 0 amide bonds. The fourth-order valence-electron chi connectivity index (χ4n) is 5.37. The van der Waals surface area contributed by atoms with E-state index in [-0.39, 0.29) is 5.54 Å². The van der Waals surface area contributed by atoms with Crippen LogP contribution in [0.5, 0.6) is 0 Å². The third-order valence-corrected chi connectivity index (χ3v) is 6.73. The van der Waals surface area contributed by atoms with Gasteiger partial charge in [0.05, 0.1) is 5.54 Å². The highest BCUT2D eigenvalue weighted by molar-refractivity contribution is 5.86. The molecule has 2 atom stereocenters. The predicted octanol–water partition coefficient (Wildman–Crippen LogP) is 5.40. The molecular weight excluding hydrogens is 354 g/mol. The van der Waals surface area contributed by atoms with Crippen LogP contribution in [0.4, 0.5) is 0 Å². The van der Waals surface area contributed by atoms with E-state index in [1.165, 1.54) is 59.8 Å². The van der Waals surface area contributed by atoms with E-state index < -0.39 is 0 Å². The van der Waals surface area contributed by atoms with E-state index in [9.17, 15) is 0 Å². The first-order valence-corrected chi connectivity index (χ1v) is 11.2. The maximum absolute atomic E-state index is 3.95. The van der Waals surface area contributed by atoms with E-state index in [1.54, 1.807) is 5.56 Å². The first-order chi connectivity index (χ1) is 14.2. The van der Waals surface area contributed by atoms with Crippen LogP contribution in [0.2, 0.25) is 0 Å². The summed E-state index contributed by atoms with van der Waals surface area (Å²) in [4.78, 5) is 3.82. The van der Waals surface area contributed by atoms with Gasteiger partial charge in [-0.25, -0.2) is 0 Å². The summed E-state index contributed by atoms with van der Waals surface area (Å²) in [6.07, 6.45) is 7.48. The lowest BCUT2D eigenvalue weighted by atomic mass is 9.80. The molecule has 0 bridgehead atoms. The molecule has 0 radical (unpaired) electrons. The van der Waals surface area contributed by atoms with Gasteiger partial charge in [0.15, 0.2) is 0 Å². The number of hydrogen-bond donors (Lipinski definition) is 3. The monoisotopic (exact) mass is 389 g/mol. The molecule has 3 N–H and O–H groups in total. The van der Waals surface area contributed by atoms with Crippen molar-refractivity contribution in [1.82, 2.24) is 15.6 Å². The van der Waals surface area contributed by atoms with Gasteiger partial charge in [-0.1, -0.05) is 48.4 Å². The summed E-state index contributed by atoms with van der Waals surface area (Å²) in [6.45, 7) is 3.30. The molecule has 2 unspecified atom stereocenters. The Labute approximate surface area is 175 Å². The van der Waals surface area contributed by atoms with E-state index in [4.69, 9.17) is 0 Å². The van der Waals surface area contributed by atoms with Gasteiger partial charge in [0.25, 0.3) is 0 Å². The fraction of sp³-hybridized carbons (Fsp3) is 0.462. The molecule has 0 saturated heterocycles. The molecule has 1 aliphatic carbocycles. The average Bonchev–Trinajstić information content (AvgIpc) is 2.97. The molecule has 3 aromatic rings. The topological polar surface area (TPSA) is 39.9 Å². The number of aromatic amines is 1. The number of aromatic nitrogens is 1. The van der Waals surface area contributed by atoms with Crippen LogP contribution in [0.3, 0.4) is 0 Å². The Kier molecular flexibility index (Phi) is 6.07. The van der Waals surface area contributed by atoms with Crippen molar-refractivity contribution in [3.8, 4) is 0 Å². The van der Waals surface area contributed by atoms with Crippen LogP contribution < -0.4 is 10.6 Å². The minimum Gasteiger partial charge on any atom is -0.357 e. The Hall–Kier alpha value is -2.10. The van der Waals surface area contributed by atoms with E-state index in [0.717, 1.165) is 13.0 Å². The van der Waals surface area contributed by atoms with Crippen molar-refractivity contribution in [2.75, 3.05) is 20.6 Å². The highest BCUT2D eigenvalue weighted by atomic mass is 15.0. The largest absolute Gasteiger partial charge is 0.357 e. The molecule has 1 saturated carbocycles. The highest BCUT2D eigenvalue weighted by Crippen LogP contribution is 2.45. The number of aryl methyl sites for hydroxylation is 1. The summed E-state index contributed by atoms with van der Waals surface area (Å²) in [7, 11) is 3.75. The molecule has 29 heavy (non-hydrogen) atoms. The van der Waals surface area contributed by atoms with E-state index >= 15 is 0 Å². The summed E-state index contributed by atoms with van der Waals surface area (Å²) < 4.78 is 0. The van der Waals surface area contributed by atoms with Gasteiger partial charge in [-0.15, -0.1) is 0 Å².